The number of carbonyl (C=O) groups is 1. The molecule has 18 heavy (non-hydrogen) atoms. The highest BCUT2D eigenvalue weighted by molar-refractivity contribution is 5.75. The van der Waals surface area contributed by atoms with Crippen molar-refractivity contribution in [1.29, 1.82) is 0 Å². The van der Waals surface area contributed by atoms with Gasteiger partial charge in [-0.15, -0.1) is 4.68 Å². The predicted octanol–water partition coefficient (Wildman–Crippen LogP) is -3.21. The van der Waals surface area contributed by atoms with E-state index in [2.05, 4.69) is 0 Å². The van der Waals surface area contributed by atoms with Gasteiger partial charge in [0.15, 0.2) is 12.1 Å². The number of hydrogen-bond acceptors (Lipinski definition) is 4. The van der Waals surface area contributed by atoms with Crippen molar-refractivity contribution < 1.29 is 26.5 Å². The summed E-state index contributed by atoms with van der Waals surface area (Å²) in [6.07, 6.45) is 0. The molecule has 0 atom stereocenters. The Morgan fingerprint density at radius 3 is 2.78 bits per heavy atom. The van der Waals surface area contributed by atoms with Gasteiger partial charge in [-0.05, 0) is 19.1 Å². The summed E-state index contributed by atoms with van der Waals surface area (Å²) in [5.41, 5.74) is 7.43. The maximum atomic E-state index is 11.5. The lowest BCUT2D eigenvalue weighted by atomic mass is 10.3. The molecule has 0 amide bonds. The van der Waals surface area contributed by atoms with Crippen molar-refractivity contribution in [2.75, 3.05) is 18.2 Å². The first-order valence-corrected chi connectivity index (χ1v) is 5.34. The van der Waals surface area contributed by atoms with E-state index in [0.717, 1.165) is 11.0 Å². The van der Waals surface area contributed by atoms with Crippen LogP contribution in [-0.2, 0) is 16.1 Å². The molecule has 6 nitrogen and oxygen atoms in total. The van der Waals surface area contributed by atoms with Crippen LogP contribution in [0, 0.1) is 0 Å². The van der Waals surface area contributed by atoms with Crippen molar-refractivity contribution in [1.82, 2.24) is 4.68 Å². The number of nitrogens with two attached hydrogens (primary N) is 2. The molecule has 0 aliphatic carbocycles. The number of fused-ring (bicyclic) bond motifs is 1. The normalized spacial score (nSPS) is 10.1. The molecule has 4 N–H and O–H groups in total. The van der Waals surface area contributed by atoms with Crippen molar-refractivity contribution in [3.8, 4) is 0 Å². The number of halogens is 1. The van der Waals surface area contributed by atoms with E-state index in [1.807, 2.05) is 24.3 Å². The molecule has 0 fully saturated rings. The van der Waals surface area contributed by atoms with Crippen LogP contribution in [0.25, 0.3) is 11.0 Å². The van der Waals surface area contributed by atoms with E-state index < -0.39 is 0 Å². The van der Waals surface area contributed by atoms with E-state index in [0.29, 0.717) is 12.6 Å². The molecule has 7 heteroatoms. The van der Waals surface area contributed by atoms with Gasteiger partial charge >= 0.3 is 11.9 Å². The van der Waals surface area contributed by atoms with E-state index in [-0.39, 0.29) is 24.9 Å². The Morgan fingerprint density at radius 1 is 1.44 bits per heavy atom. The SMILES string of the molecule is CCOC(=O)C[n+]1c(N)n(N)c2ccccc21.[Cl-]. The van der Waals surface area contributed by atoms with Gasteiger partial charge in [0.2, 0.25) is 0 Å². The molecule has 98 valence electrons. The minimum Gasteiger partial charge on any atom is -1.00 e. The molecule has 1 aromatic carbocycles. The third kappa shape index (κ3) is 2.33. The lowest BCUT2D eigenvalue weighted by molar-refractivity contribution is -0.645. The molecular weight excluding hydrogens is 256 g/mol. The quantitative estimate of drug-likeness (QED) is 0.349. The molecule has 0 aliphatic rings. The zero-order chi connectivity index (χ0) is 12.4. The van der Waals surface area contributed by atoms with Crippen LogP contribution >= 0.6 is 0 Å². The fraction of sp³-hybridized carbons (Fsp3) is 0.273. The first-order chi connectivity index (χ1) is 8.15. The van der Waals surface area contributed by atoms with Gasteiger partial charge in [-0.3, -0.25) is 11.6 Å². The molecule has 2 rings (SSSR count). The lowest BCUT2D eigenvalue weighted by Crippen LogP contribution is -3.00. The Morgan fingerprint density at radius 2 is 2.11 bits per heavy atom. The second kappa shape index (κ2) is 5.59. The van der Waals surface area contributed by atoms with E-state index >= 15 is 0 Å². The number of ether oxygens (including phenoxy) is 1. The van der Waals surface area contributed by atoms with Gasteiger partial charge in [-0.25, -0.2) is 9.36 Å². The minimum absolute atomic E-state index is 0. The van der Waals surface area contributed by atoms with Gasteiger partial charge in [0, 0.05) is 0 Å². The van der Waals surface area contributed by atoms with Crippen LogP contribution in [0.4, 0.5) is 5.95 Å². The van der Waals surface area contributed by atoms with Crippen molar-refractivity contribution in [3.63, 3.8) is 0 Å². The molecule has 0 saturated carbocycles. The number of para-hydroxylation sites is 2. The first-order valence-electron chi connectivity index (χ1n) is 5.34. The number of hydrogen-bond donors (Lipinski definition) is 2. The average molecular weight is 271 g/mol. The zero-order valence-corrected chi connectivity index (χ0v) is 10.7. The molecule has 1 aromatic heterocycles. The van der Waals surface area contributed by atoms with Crippen LogP contribution in [0.1, 0.15) is 6.92 Å². The van der Waals surface area contributed by atoms with E-state index in [4.69, 9.17) is 16.3 Å². The summed E-state index contributed by atoms with van der Waals surface area (Å²) < 4.78 is 7.88. The molecule has 0 spiro atoms. The van der Waals surface area contributed by atoms with Crippen LogP contribution in [0.2, 0.25) is 0 Å². The first kappa shape index (κ1) is 14.1. The molecule has 0 aliphatic heterocycles. The molecule has 0 radical (unpaired) electrons. The summed E-state index contributed by atoms with van der Waals surface area (Å²) in [6, 6.07) is 7.42. The number of benzene rings is 1. The number of esters is 1. The molecule has 2 aromatic rings. The highest BCUT2D eigenvalue weighted by Gasteiger charge is 2.21. The van der Waals surface area contributed by atoms with Crippen LogP contribution in [-0.4, -0.2) is 17.3 Å². The summed E-state index contributed by atoms with van der Waals surface area (Å²) in [6.45, 7) is 2.17. The van der Waals surface area contributed by atoms with Crippen molar-refractivity contribution >= 4 is 23.0 Å². The topological polar surface area (TPSA) is 87.2 Å². The van der Waals surface area contributed by atoms with Gasteiger partial charge < -0.3 is 17.1 Å². The number of carbonyl (C=O) groups excluding carboxylic acids is 1. The predicted molar refractivity (Wildman–Crippen MR) is 63.3 cm³/mol. The number of nitrogens with zero attached hydrogens (tertiary/aromatic N) is 2. The fourth-order valence-corrected chi connectivity index (χ4v) is 1.77. The average Bonchev–Trinajstić information content (AvgIpc) is 2.56. The Kier molecular flexibility index (Phi) is 4.38. The Hall–Kier alpha value is -1.95. The van der Waals surface area contributed by atoms with Gasteiger partial charge in [-0.2, -0.15) is 0 Å². The number of aromatic nitrogens is 2. The third-order valence-corrected chi connectivity index (χ3v) is 2.55. The summed E-state index contributed by atoms with van der Waals surface area (Å²) in [5, 5.41) is 0. The van der Waals surface area contributed by atoms with Gasteiger partial charge in [-0.1, -0.05) is 12.1 Å². The minimum atomic E-state index is -0.333. The summed E-state index contributed by atoms with van der Waals surface area (Å²) >= 11 is 0. The van der Waals surface area contributed by atoms with Crippen LogP contribution < -0.4 is 28.6 Å². The second-order valence-corrected chi connectivity index (χ2v) is 3.61. The van der Waals surface area contributed by atoms with Gasteiger partial charge in [0.25, 0.3) is 0 Å². The Balaban J connectivity index is 0.00000162. The highest BCUT2D eigenvalue weighted by atomic mass is 35.5. The maximum Gasteiger partial charge on any atom is 0.378 e. The summed E-state index contributed by atoms with van der Waals surface area (Å²) in [4.78, 5) is 11.5. The monoisotopic (exact) mass is 270 g/mol. The van der Waals surface area contributed by atoms with E-state index in [1.54, 1.807) is 11.5 Å². The highest BCUT2D eigenvalue weighted by Crippen LogP contribution is 2.12. The Labute approximate surface area is 110 Å². The molecule has 0 bridgehead atoms. The molecular formula is C11H15ClN4O2. The molecule has 0 unspecified atom stereocenters. The lowest BCUT2D eigenvalue weighted by Gasteiger charge is -2.01. The zero-order valence-electron chi connectivity index (χ0n) is 9.97. The second-order valence-electron chi connectivity index (χ2n) is 3.61. The van der Waals surface area contributed by atoms with Crippen molar-refractivity contribution in [2.45, 2.75) is 13.5 Å². The van der Waals surface area contributed by atoms with Crippen molar-refractivity contribution in [3.05, 3.63) is 24.3 Å². The van der Waals surface area contributed by atoms with E-state index in [9.17, 15) is 4.79 Å². The van der Waals surface area contributed by atoms with E-state index in [1.165, 1.54) is 4.68 Å². The molecule has 1 heterocycles. The van der Waals surface area contributed by atoms with Crippen molar-refractivity contribution in [2.24, 2.45) is 0 Å². The van der Waals surface area contributed by atoms with Crippen LogP contribution in [0.15, 0.2) is 24.3 Å². The summed E-state index contributed by atoms with van der Waals surface area (Å²) in [7, 11) is 0. The number of nitrogen functional groups attached to an aromatic ring is 2. The number of imidazole rings is 1. The van der Waals surface area contributed by atoms with Crippen LogP contribution in [0.5, 0.6) is 0 Å². The maximum absolute atomic E-state index is 11.5. The summed E-state index contributed by atoms with van der Waals surface area (Å²) in [5.74, 6) is 5.79. The largest absolute Gasteiger partial charge is 1.00 e. The van der Waals surface area contributed by atoms with Crippen LogP contribution in [0.3, 0.4) is 0 Å². The fourth-order valence-electron chi connectivity index (χ4n) is 1.77. The van der Waals surface area contributed by atoms with Gasteiger partial charge in [0.05, 0.1) is 6.61 Å². The standard InChI is InChI=1S/C11H14N4O2.ClH/c1-2-17-10(16)7-14-8-5-3-4-6-9(8)15(13)11(14)12;/h3-6,12H,2,7,13H2,1H3;1H. The number of anilines is 1. The molecule has 0 saturated heterocycles. The Bertz CT molecular complexity index is 567. The number of rotatable bonds is 3. The smallest absolute Gasteiger partial charge is 0.378 e. The van der Waals surface area contributed by atoms with Gasteiger partial charge in [0.1, 0.15) is 5.52 Å². The third-order valence-electron chi connectivity index (χ3n) is 2.55.